The van der Waals surface area contributed by atoms with E-state index < -0.39 is 23.4 Å². The second kappa shape index (κ2) is 11.1. The van der Waals surface area contributed by atoms with Gasteiger partial charge in [0.05, 0.1) is 11.8 Å². The fraction of sp³-hybridized carbons (Fsp3) is 0.0870. The molecule has 37 heavy (non-hydrogen) atoms. The molecule has 4 aromatic rings. The predicted octanol–water partition coefficient (Wildman–Crippen LogP) is 6.02. The zero-order valence-corrected chi connectivity index (χ0v) is 19.3. The summed E-state index contributed by atoms with van der Waals surface area (Å²) in [5, 5.41) is 9.87. The SMILES string of the molecule is Fc1ccc(/C=N/Nc2nc(NCc3ccc(Cl)nc3)nc(Nc3ccc(F)c(C(F)(F)F)c3)n2)cc1. The molecule has 0 bridgehead atoms. The van der Waals surface area contributed by atoms with Crippen molar-refractivity contribution in [3.63, 3.8) is 0 Å². The topological polar surface area (TPSA) is 100 Å². The third-order valence-corrected chi connectivity index (χ3v) is 4.87. The van der Waals surface area contributed by atoms with Crippen LogP contribution < -0.4 is 16.1 Å². The van der Waals surface area contributed by atoms with Crippen LogP contribution in [0.4, 0.5) is 45.5 Å². The van der Waals surface area contributed by atoms with Crippen molar-refractivity contribution in [2.45, 2.75) is 12.7 Å². The summed E-state index contributed by atoms with van der Waals surface area (Å²) in [5.74, 6) is -1.98. The minimum Gasteiger partial charge on any atom is -0.350 e. The van der Waals surface area contributed by atoms with E-state index in [0.717, 1.165) is 11.6 Å². The molecule has 0 saturated carbocycles. The molecule has 0 aliphatic rings. The van der Waals surface area contributed by atoms with E-state index in [4.69, 9.17) is 11.6 Å². The summed E-state index contributed by atoms with van der Waals surface area (Å²) in [5.41, 5.74) is 2.37. The first-order chi connectivity index (χ1) is 17.7. The Morgan fingerprint density at radius 1 is 0.892 bits per heavy atom. The molecule has 0 spiro atoms. The van der Waals surface area contributed by atoms with Gasteiger partial charge in [0.15, 0.2) is 0 Å². The molecule has 0 unspecified atom stereocenters. The lowest BCUT2D eigenvalue weighted by molar-refractivity contribution is -0.139. The van der Waals surface area contributed by atoms with E-state index in [1.807, 2.05) is 0 Å². The monoisotopic (exact) mass is 534 g/mol. The molecule has 0 aliphatic carbocycles. The van der Waals surface area contributed by atoms with Crippen molar-refractivity contribution in [3.8, 4) is 0 Å². The van der Waals surface area contributed by atoms with Crippen molar-refractivity contribution in [1.29, 1.82) is 0 Å². The Kier molecular flexibility index (Phi) is 7.72. The van der Waals surface area contributed by atoms with Crippen LogP contribution in [0.15, 0.2) is 65.9 Å². The number of hydrazone groups is 1. The summed E-state index contributed by atoms with van der Waals surface area (Å²) in [6.07, 6.45) is -1.96. The quantitative estimate of drug-likeness (QED) is 0.110. The number of alkyl halides is 3. The largest absolute Gasteiger partial charge is 0.419 e. The van der Waals surface area contributed by atoms with Crippen molar-refractivity contribution in [3.05, 3.63) is 94.3 Å². The highest BCUT2D eigenvalue weighted by Crippen LogP contribution is 2.33. The van der Waals surface area contributed by atoms with E-state index in [1.165, 1.54) is 30.5 Å². The van der Waals surface area contributed by atoms with Gasteiger partial charge >= 0.3 is 6.18 Å². The maximum absolute atomic E-state index is 13.7. The first-order valence-corrected chi connectivity index (χ1v) is 10.8. The third kappa shape index (κ3) is 7.30. The number of aromatic nitrogens is 4. The lowest BCUT2D eigenvalue weighted by atomic mass is 10.2. The molecule has 4 rings (SSSR count). The van der Waals surface area contributed by atoms with Crippen LogP contribution in [0.3, 0.4) is 0 Å². The zero-order valence-electron chi connectivity index (χ0n) is 18.6. The Labute approximate surface area is 211 Å². The van der Waals surface area contributed by atoms with E-state index in [0.29, 0.717) is 22.8 Å². The molecular weight excluding hydrogens is 519 g/mol. The molecule has 0 saturated heterocycles. The smallest absolute Gasteiger partial charge is 0.350 e. The number of rotatable bonds is 8. The molecule has 2 heterocycles. The number of hydrogen-bond acceptors (Lipinski definition) is 8. The first kappa shape index (κ1) is 25.7. The van der Waals surface area contributed by atoms with Crippen molar-refractivity contribution < 1.29 is 22.0 Å². The maximum atomic E-state index is 13.7. The van der Waals surface area contributed by atoms with Gasteiger partial charge in [-0.1, -0.05) is 29.8 Å². The van der Waals surface area contributed by atoms with E-state index in [-0.39, 0.29) is 30.1 Å². The van der Waals surface area contributed by atoms with E-state index in [2.05, 4.69) is 41.1 Å². The Bertz CT molecular complexity index is 1400. The number of anilines is 4. The molecule has 0 amide bonds. The molecule has 0 atom stereocenters. The van der Waals surface area contributed by atoms with Crippen molar-refractivity contribution >= 4 is 41.3 Å². The molecule has 0 fully saturated rings. The standard InChI is InChI=1S/C23H16ClF5N8/c24-19-8-3-14(10-30-19)11-31-20-34-21(33-16-6-7-18(26)17(9-16)23(27,28)29)36-22(35-20)37-32-12-13-1-4-15(25)5-2-13/h1-10,12H,11H2,(H3,31,33,34,35,36,37)/b32-12+. The minimum atomic E-state index is -4.89. The summed E-state index contributed by atoms with van der Waals surface area (Å²) in [6.45, 7) is 0.237. The summed E-state index contributed by atoms with van der Waals surface area (Å²) in [7, 11) is 0. The molecule has 14 heteroatoms. The van der Waals surface area contributed by atoms with E-state index in [9.17, 15) is 22.0 Å². The van der Waals surface area contributed by atoms with Gasteiger partial charge in [-0.05, 0) is 47.5 Å². The number of benzene rings is 2. The highest BCUT2D eigenvalue weighted by atomic mass is 35.5. The molecular formula is C23H16ClF5N8. The van der Waals surface area contributed by atoms with E-state index >= 15 is 0 Å². The van der Waals surface area contributed by atoms with Gasteiger partial charge in [-0.3, -0.25) is 0 Å². The van der Waals surface area contributed by atoms with Gasteiger partial charge in [-0.15, -0.1) is 0 Å². The fourth-order valence-electron chi connectivity index (χ4n) is 2.92. The Hall–Kier alpha value is -4.39. The lowest BCUT2D eigenvalue weighted by Gasteiger charge is -2.12. The van der Waals surface area contributed by atoms with Gasteiger partial charge in [-0.25, -0.2) is 19.2 Å². The molecule has 3 N–H and O–H groups in total. The van der Waals surface area contributed by atoms with Gasteiger partial charge in [0.2, 0.25) is 17.8 Å². The second-order valence-electron chi connectivity index (χ2n) is 7.39. The number of nitrogens with zero attached hydrogens (tertiary/aromatic N) is 5. The van der Waals surface area contributed by atoms with Crippen molar-refractivity contribution in [2.75, 3.05) is 16.1 Å². The summed E-state index contributed by atoms with van der Waals surface area (Å²) in [6, 6.07) is 11.3. The van der Waals surface area contributed by atoms with Crippen LogP contribution in [0.25, 0.3) is 0 Å². The number of nitrogens with one attached hydrogen (secondary N) is 3. The number of pyridine rings is 1. The Morgan fingerprint density at radius 2 is 1.62 bits per heavy atom. The first-order valence-electron chi connectivity index (χ1n) is 10.4. The fourth-order valence-corrected chi connectivity index (χ4v) is 3.03. The normalized spacial score (nSPS) is 11.5. The van der Waals surface area contributed by atoms with Crippen LogP contribution in [0.1, 0.15) is 16.7 Å². The van der Waals surface area contributed by atoms with Gasteiger partial charge in [0.1, 0.15) is 16.8 Å². The Balaban J connectivity index is 1.58. The van der Waals surface area contributed by atoms with Gasteiger partial charge in [0.25, 0.3) is 0 Å². The highest BCUT2D eigenvalue weighted by Gasteiger charge is 2.34. The molecule has 2 aromatic heterocycles. The second-order valence-corrected chi connectivity index (χ2v) is 7.78. The van der Waals surface area contributed by atoms with Crippen LogP contribution >= 0.6 is 11.6 Å². The number of hydrogen-bond donors (Lipinski definition) is 3. The van der Waals surface area contributed by atoms with Crippen LogP contribution in [-0.4, -0.2) is 26.2 Å². The lowest BCUT2D eigenvalue weighted by Crippen LogP contribution is -2.11. The van der Waals surface area contributed by atoms with Gasteiger partial charge < -0.3 is 10.6 Å². The highest BCUT2D eigenvalue weighted by molar-refractivity contribution is 6.29. The summed E-state index contributed by atoms with van der Waals surface area (Å²) < 4.78 is 66.0. The van der Waals surface area contributed by atoms with Gasteiger partial charge in [-0.2, -0.15) is 33.2 Å². The van der Waals surface area contributed by atoms with Crippen molar-refractivity contribution in [1.82, 2.24) is 19.9 Å². The minimum absolute atomic E-state index is 0.0464. The maximum Gasteiger partial charge on any atom is 0.419 e. The molecule has 8 nitrogen and oxygen atoms in total. The van der Waals surface area contributed by atoms with Crippen LogP contribution in [0, 0.1) is 11.6 Å². The van der Waals surface area contributed by atoms with Crippen LogP contribution in [0.5, 0.6) is 0 Å². The van der Waals surface area contributed by atoms with Crippen molar-refractivity contribution in [2.24, 2.45) is 5.10 Å². The summed E-state index contributed by atoms with van der Waals surface area (Å²) in [4.78, 5) is 16.4. The Morgan fingerprint density at radius 3 is 2.32 bits per heavy atom. The third-order valence-electron chi connectivity index (χ3n) is 4.65. The summed E-state index contributed by atoms with van der Waals surface area (Å²) >= 11 is 5.79. The average molecular weight is 535 g/mol. The average Bonchev–Trinajstić information content (AvgIpc) is 2.85. The number of halogens is 6. The van der Waals surface area contributed by atoms with Gasteiger partial charge in [0, 0.05) is 18.4 Å². The molecule has 0 aliphatic heterocycles. The van der Waals surface area contributed by atoms with Crippen LogP contribution in [-0.2, 0) is 12.7 Å². The molecule has 190 valence electrons. The van der Waals surface area contributed by atoms with Crippen LogP contribution in [0.2, 0.25) is 5.15 Å². The van der Waals surface area contributed by atoms with E-state index in [1.54, 1.807) is 18.3 Å². The zero-order chi connectivity index (χ0) is 26.4. The predicted molar refractivity (Wildman–Crippen MR) is 129 cm³/mol. The molecule has 2 aromatic carbocycles. The molecule has 0 radical (unpaired) electrons.